The van der Waals surface area contributed by atoms with Crippen LogP contribution in [0.5, 0.6) is 0 Å². The van der Waals surface area contributed by atoms with Gasteiger partial charge in [0.15, 0.2) is 11.2 Å². The van der Waals surface area contributed by atoms with Crippen molar-refractivity contribution in [1.29, 1.82) is 0 Å². The van der Waals surface area contributed by atoms with E-state index < -0.39 is 0 Å². The molecule has 0 bridgehead atoms. The van der Waals surface area contributed by atoms with Crippen LogP contribution in [0.25, 0.3) is 11.2 Å². The highest BCUT2D eigenvalue weighted by Gasteiger charge is 2.26. The Bertz CT molecular complexity index is 1210. The number of rotatable bonds is 4. The van der Waals surface area contributed by atoms with Crippen LogP contribution in [-0.2, 0) is 20.1 Å². The van der Waals surface area contributed by atoms with Crippen molar-refractivity contribution in [1.82, 2.24) is 18.7 Å². The lowest BCUT2D eigenvalue weighted by molar-refractivity contribution is 0.651. The minimum absolute atomic E-state index is 0.236. The SMILES string of the molecule is CCCN1N=C(C)Cn2c1nc1c2c(=O)n(Cc2ccccc2C)c(=O)n1C. The van der Waals surface area contributed by atoms with Gasteiger partial charge in [0.05, 0.1) is 18.8 Å². The minimum Gasteiger partial charge on any atom is -0.297 e. The van der Waals surface area contributed by atoms with Crippen LogP contribution in [-0.4, -0.2) is 30.9 Å². The van der Waals surface area contributed by atoms with Crippen LogP contribution < -0.4 is 16.3 Å². The van der Waals surface area contributed by atoms with Gasteiger partial charge in [-0.2, -0.15) is 10.1 Å². The molecule has 0 saturated carbocycles. The molecule has 0 saturated heterocycles. The molecule has 3 heterocycles. The fourth-order valence-corrected chi connectivity index (χ4v) is 3.68. The number of benzene rings is 1. The van der Waals surface area contributed by atoms with E-state index in [1.54, 1.807) is 7.05 Å². The summed E-state index contributed by atoms with van der Waals surface area (Å²) in [6.07, 6.45) is 0.899. The van der Waals surface area contributed by atoms with E-state index in [1.165, 1.54) is 9.13 Å². The monoisotopic (exact) mass is 380 g/mol. The first-order valence-electron chi connectivity index (χ1n) is 9.48. The molecule has 0 aliphatic carbocycles. The van der Waals surface area contributed by atoms with Gasteiger partial charge in [-0.1, -0.05) is 31.2 Å². The van der Waals surface area contributed by atoms with Gasteiger partial charge in [0.1, 0.15) is 0 Å². The number of hydrogen-bond acceptors (Lipinski definition) is 5. The van der Waals surface area contributed by atoms with Crippen molar-refractivity contribution in [2.75, 3.05) is 11.6 Å². The predicted molar refractivity (Wildman–Crippen MR) is 110 cm³/mol. The molecule has 8 heteroatoms. The van der Waals surface area contributed by atoms with Crippen molar-refractivity contribution in [3.63, 3.8) is 0 Å². The number of imidazole rings is 1. The van der Waals surface area contributed by atoms with E-state index >= 15 is 0 Å². The smallest absolute Gasteiger partial charge is 0.297 e. The van der Waals surface area contributed by atoms with Gasteiger partial charge in [-0.25, -0.2) is 9.80 Å². The Morgan fingerprint density at radius 1 is 1.14 bits per heavy atom. The first-order chi connectivity index (χ1) is 13.4. The molecule has 0 amide bonds. The summed E-state index contributed by atoms with van der Waals surface area (Å²) in [6.45, 7) is 7.41. The second-order valence-electron chi connectivity index (χ2n) is 7.29. The molecule has 0 atom stereocenters. The predicted octanol–water partition coefficient (Wildman–Crippen LogP) is 1.86. The van der Waals surface area contributed by atoms with Gasteiger partial charge in [-0.3, -0.25) is 18.5 Å². The van der Waals surface area contributed by atoms with Crippen molar-refractivity contribution < 1.29 is 0 Å². The van der Waals surface area contributed by atoms with Crippen molar-refractivity contribution in [2.24, 2.45) is 12.1 Å². The molecule has 8 nitrogen and oxygen atoms in total. The van der Waals surface area contributed by atoms with Crippen LogP contribution >= 0.6 is 0 Å². The number of hydrazone groups is 1. The van der Waals surface area contributed by atoms with Crippen LogP contribution in [0.1, 0.15) is 31.4 Å². The molecule has 1 aliphatic rings. The maximum absolute atomic E-state index is 13.4. The zero-order chi connectivity index (χ0) is 20.0. The van der Waals surface area contributed by atoms with Gasteiger partial charge in [-0.15, -0.1) is 0 Å². The molecule has 0 unspecified atom stereocenters. The molecule has 28 heavy (non-hydrogen) atoms. The lowest BCUT2D eigenvalue weighted by atomic mass is 10.1. The Hall–Kier alpha value is -3.16. The number of hydrogen-bond donors (Lipinski definition) is 0. The first-order valence-corrected chi connectivity index (χ1v) is 9.48. The van der Waals surface area contributed by atoms with E-state index in [9.17, 15) is 9.59 Å². The van der Waals surface area contributed by atoms with Gasteiger partial charge in [0.25, 0.3) is 5.56 Å². The second-order valence-corrected chi connectivity index (χ2v) is 7.29. The van der Waals surface area contributed by atoms with E-state index in [0.717, 1.165) is 23.3 Å². The molecule has 146 valence electrons. The van der Waals surface area contributed by atoms with Crippen molar-refractivity contribution in [3.8, 4) is 0 Å². The van der Waals surface area contributed by atoms with Gasteiger partial charge in [0.2, 0.25) is 5.95 Å². The molecule has 0 radical (unpaired) electrons. The second kappa shape index (κ2) is 6.78. The number of fused-ring (bicyclic) bond motifs is 3. The summed E-state index contributed by atoms with van der Waals surface area (Å²) in [5.41, 5.74) is 3.06. The lowest BCUT2D eigenvalue weighted by Gasteiger charge is -2.24. The molecule has 4 rings (SSSR count). The highest BCUT2D eigenvalue weighted by molar-refractivity contribution is 5.87. The lowest BCUT2D eigenvalue weighted by Crippen LogP contribution is -2.40. The van der Waals surface area contributed by atoms with Crippen LogP contribution in [0, 0.1) is 6.92 Å². The van der Waals surface area contributed by atoms with Gasteiger partial charge in [-0.05, 0) is 31.4 Å². The van der Waals surface area contributed by atoms with E-state index in [-0.39, 0.29) is 17.8 Å². The molecule has 1 aliphatic heterocycles. The average molecular weight is 380 g/mol. The maximum atomic E-state index is 13.4. The summed E-state index contributed by atoms with van der Waals surface area (Å²) >= 11 is 0. The summed E-state index contributed by atoms with van der Waals surface area (Å²) in [5.74, 6) is 0.614. The van der Waals surface area contributed by atoms with Gasteiger partial charge >= 0.3 is 5.69 Å². The summed E-state index contributed by atoms with van der Waals surface area (Å²) in [5, 5.41) is 6.38. The third kappa shape index (κ3) is 2.76. The number of aryl methyl sites for hydroxylation is 2. The molecule has 1 aromatic carbocycles. The Kier molecular flexibility index (Phi) is 4.41. The Balaban J connectivity index is 1.96. The van der Waals surface area contributed by atoms with E-state index in [1.807, 2.05) is 47.7 Å². The summed E-state index contributed by atoms with van der Waals surface area (Å²) in [4.78, 5) is 30.9. The third-order valence-electron chi connectivity index (χ3n) is 5.15. The molecule has 0 fully saturated rings. The molecule has 0 spiro atoms. The topological polar surface area (TPSA) is 77.4 Å². The zero-order valence-electron chi connectivity index (χ0n) is 16.6. The van der Waals surface area contributed by atoms with Crippen molar-refractivity contribution in [2.45, 2.75) is 40.3 Å². The Morgan fingerprint density at radius 3 is 2.61 bits per heavy atom. The highest BCUT2D eigenvalue weighted by atomic mass is 16.2. The number of nitrogens with zero attached hydrogens (tertiary/aromatic N) is 6. The molecular formula is C20H24N6O2. The largest absolute Gasteiger partial charge is 0.332 e. The number of anilines is 1. The van der Waals surface area contributed by atoms with Crippen LogP contribution in [0.4, 0.5) is 5.95 Å². The van der Waals surface area contributed by atoms with Crippen molar-refractivity contribution in [3.05, 3.63) is 56.2 Å². The van der Waals surface area contributed by atoms with Crippen LogP contribution in [0.15, 0.2) is 39.0 Å². The summed E-state index contributed by atoms with van der Waals surface area (Å²) in [7, 11) is 1.66. The van der Waals surface area contributed by atoms with Crippen molar-refractivity contribution >= 4 is 22.8 Å². The quantitative estimate of drug-likeness (QED) is 0.692. The Morgan fingerprint density at radius 2 is 1.89 bits per heavy atom. The fourth-order valence-electron chi connectivity index (χ4n) is 3.68. The maximum Gasteiger partial charge on any atom is 0.332 e. The fraction of sp³-hybridized carbons (Fsp3) is 0.400. The zero-order valence-corrected chi connectivity index (χ0v) is 16.6. The highest BCUT2D eigenvalue weighted by Crippen LogP contribution is 2.23. The Labute approximate surface area is 162 Å². The third-order valence-corrected chi connectivity index (χ3v) is 5.15. The molecule has 3 aromatic rings. The van der Waals surface area contributed by atoms with E-state index in [4.69, 9.17) is 0 Å². The van der Waals surface area contributed by atoms with Crippen LogP contribution in [0.2, 0.25) is 0 Å². The summed E-state index contributed by atoms with van der Waals surface area (Å²) in [6, 6.07) is 7.78. The minimum atomic E-state index is -0.365. The van der Waals surface area contributed by atoms with E-state index in [2.05, 4.69) is 17.0 Å². The first kappa shape index (κ1) is 18.2. The van der Waals surface area contributed by atoms with E-state index in [0.29, 0.717) is 30.2 Å². The normalized spacial score (nSPS) is 13.7. The molecule has 2 aromatic heterocycles. The number of aromatic nitrogens is 4. The van der Waals surface area contributed by atoms with Gasteiger partial charge < -0.3 is 0 Å². The molecule has 0 N–H and O–H groups in total. The molecular weight excluding hydrogens is 356 g/mol. The van der Waals surface area contributed by atoms with Crippen LogP contribution in [0.3, 0.4) is 0 Å². The average Bonchev–Trinajstić information content (AvgIpc) is 3.05. The summed E-state index contributed by atoms with van der Waals surface area (Å²) < 4.78 is 4.63. The standard InChI is InChI=1S/C20H24N6O2/c1-5-10-26-19-21-17-16(24(19)11-14(3)22-26)18(27)25(20(28)23(17)4)12-15-9-7-6-8-13(15)2/h6-9H,5,10-12H2,1-4H3. The van der Waals surface area contributed by atoms with Gasteiger partial charge in [0, 0.05) is 13.6 Å².